The zero-order chi connectivity index (χ0) is 41.9. The first-order valence-corrected chi connectivity index (χ1v) is 19.5. The van der Waals surface area contributed by atoms with E-state index in [9.17, 15) is 33.4 Å². The number of rotatable bonds is 6. The predicted molar refractivity (Wildman–Crippen MR) is 204 cm³/mol. The van der Waals surface area contributed by atoms with Crippen molar-refractivity contribution in [2.24, 2.45) is 33.7 Å². The number of esters is 1. The van der Waals surface area contributed by atoms with Gasteiger partial charge in [-0.2, -0.15) is 0 Å². The number of amides is 1. The van der Waals surface area contributed by atoms with Crippen LogP contribution in [0.1, 0.15) is 87.1 Å². The van der Waals surface area contributed by atoms with E-state index in [1.54, 1.807) is 27.7 Å². The molecule has 3 fully saturated rings. The number of cyclic esters (lactones) is 1. The number of benzene rings is 1. The number of ketones is 1. The van der Waals surface area contributed by atoms with Crippen LogP contribution in [0.3, 0.4) is 0 Å². The number of fused-ring (bicyclic) bond motifs is 5. The summed E-state index contributed by atoms with van der Waals surface area (Å²) in [4.78, 5) is 52.0. The Morgan fingerprint density at radius 1 is 1.05 bits per heavy atom. The van der Waals surface area contributed by atoms with Crippen molar-refractivity contribution in [3.63, 3.8) is 0 Å². The molecule has 0 spiro atoms. The Morgan fingerprint density at radius 2 is 1.73 bits per heavy atom. The van der Waals surface area contributed by atoms with Crippen LogP contribution in [0.15, 0.2) is 28.2 Å². The molecule has 56 heavy (non-hydrogen) atoms. The molecule has 0 unspecified atom stereocenters. The van der Waals surface area contributed by atoms with Crippen molar-refractivity contribution in [2.45, 2.75) is 142 Å². The van der Waals surface area contributed by atoms with Crippen LogP contribution in [-0.2, 0) is 44.6 Å². The molecule has 0 aliphatic carbocycles. The van der Waals surface area contributed by atoms with Gasteiger partial charge in [0, 0.05) is 30.5 Å². The molecule has 1 aromatic carbocycles. The fourth-order valence-electron chi connectivity index (χ4n) is 8.49. The number of hydrogen-bond donors (Lipinski definition) is 2. The van der Waals surface area contributed by atoms with E-state index >= 15 is 0 Å². The van der Waals surface area contributed by atoms with Crippen LogP contribution in [0.5, 0.6) is 0 Å². The summed E-state index contributed by atoms with van der Waals surface area (Å²) >= 11 is 0. The van der Waals surface area contributed by atoms with E-state index in [2.05, 4.69) is 4.99 Å². The Bertz CT molecular complexity index is 1640. The minimum Gasteiger partial charge on any atom is -0.459 e. The van der Waals surface area contributed by atoms with Gasteiger partial charge in [-0.15, -0.1) is 0 Å². The van der Waals surface area contributed by atoms with Gasteiger partial charge >= 0.3 is 5.97 Å². The van der Waals surface area contributed by atoms with Crippen LogP contribution in [0, 0.1) is 35.3 Å². The first-order chi connectivity index (χ1) is 26.1. The molecule has 3 aliphatic heterocycles. The third-order valence-electron chi connectivity index (χ3n) is 11.6. The maximum absolute atomic E-state index is 14.4. The van der Waals surface area contributed by atoms with Crippen molar-refractivity contribution in [3.05, 3.63) is 35.4 Å². The van der Waals surface area contributed by atoms with E-state index in [0.717, 1.165) is 12.1 Å². The lowest BCUT2D eigenvalue weighted by atomic mass is 9.73. The molecule has 1 amide bonds. The molecular weight excluding hydrogens is 732 g/mol. The lowest BCUT2D eigenvalue weighted by Gasteiger charge is -2.47. The Balaban J connectivity index is 1.97. The smallest absolute Gasteiger partial charge is 0.316 e. The van der Waals surface area contributed by atoms with Crippen molar-refractivity contribution in [1.82, 2.24) is 4.90 Å². The maximum Gasteiger partial charge on any atom is 0.316 e. The van der Waals surface area contributed by atoms with E-state index < -0.39 is 94.9 Å². The summed E-state index contributed by atoms with van der Waals surface area (Å²) in [5, 5.41) is 23.9. The Labute approximate surface area is 329 Å². The number of likely N-dealkylation sites (N-methyl/N-ethyl adjacent to an activating group) is 1. The third-order valence-corrected chi connectivity index (χ3v) is 11.6. The van der Waals surface area contributed by atoms with Crippen LogP contribution in [0.4, 0.5) is 8.78 Å². The SMILES string of the molecule is CC[C@H]1OC(=O)[C@H](C)C(=O)[C@H](C)[C@@H](O[C@@H]2O[C@H](C)C[C@H](N(C)C)[C@H]2O)[C@@]2(C)C[C@@H](C)C(=NC(C)=O)[C@H](C)[C@H](OCC(=NCc3ccc(F)c(F)c3)CO2)[C@]1(C)O. The highest BCUT2D eigenvalue weighted by molar-refractivity contribution is 6.00. The average molecular weight is 794 g/mol. The summed E-state index contributed by atoms with van der Waals surface area (Å²) < 4.78 is 60.2. The average Bonchev–Trinajstić information content (AvgIpc) is 3.14. The monoisotopic (exact) mass is 793 g/mol. The van der Waals surface area contributed by atoms with Gasteiger partial charge < -0.3 is 38.8 Å². The predicted octanol–water partition coefficient (Wildman–Crippen LogP) is 4.47. The van der Waals surface area contributed by atoms with Crippen molar-refractivity contribution >= 4 is 29.1 Å². The summed E-state index contributed by atoms with van der Waals surface area (Å²) in [6.45, 7) is 14.3. The van der Waals surface area contributed by atoms with Gasteiger partial charge in [0.15, 0.2) is 23.7 Å². The second-order valence-corrected chi connectivity index (χ2v) is 16.5. The minimum absolute atomic E-state index is 0.0759. The molecule has 3 saturated heterocycles. The number of nitrogens with zero attached hydrogens (tertiary/aromatic N) is 3. The fourth-order valence-corrected chi connectivity index (χ4v) is 8.49. The highest BCUT2D eigenvalue weighted by atomic mass is 19.2. The number of Topliss-reactive ketones (excluding diaryl/α,β-unsaturated/α-hetero) is 1. The first-order valence-electron chi connectivity index (χ1n) is 19.5. The van der Waals surface area contributed by atoms with Gasteiger partial charge in [-0.05, 0) is 84.7 Å². The lowest BCUT2D eigenvalue weighted by molar-refractivity contribution is -0.296. The molecule has 0 aromatic heterocycles. The Hall–Kier alpha value is -3.05. The van der Waals surface area contributed by atoms with Crippen LogP contribution >= 0.6 is 0 Å². The number of ether oxygens (including phenoxy) is 5. The van der Waals surface area contributed by atoms with Gasteiger partial charge in [0.25, 0.3) is 0 Å². The number of aliphatic imine (C=N–C) groups is 2. The molecule has 1 aromatic rings. The van der Waals surface area contributed by atoms with E-state index in [-0.39, 0.29) is 44.7 Å². The molecule has 4 rings (SSSR count). The quantitative estimate of drug-likeness (QED) is 0.309. The molecule has 3 aliphatic rings. The zero-order valence-electron chi connectivity index (χ0n) is 34.6. The van der Waals surface area contributed by atoms with Gasteiger partial charge in [0.2, 0.25) is 5.91 Å². The summed E-state index contributed by atoms with van der Waals surface area (Å²) in [6.07, 6.45) is -5.39. The number of halogens is 2. The molecule has 0 saturated carbocycles. The zero-order valence-corrected chi connectivity index (χ0v) is 34.6. The van der Waals surface area contributed by atoms with E-state index in [0.29, 0.717) is 23.4 Å². The molecule has 2 bridgehead atoms. The Kier molecular flexibility index (Phi) is 15.2. The van der Waals surface area contributed by atoms with Gasteiger partial charge in [0.1, 0.15) is 23.7 Å². The number of carbonyl (C=O) groups excluding carboxylic acids is 3. The van der Waals surface area contributed by atoms with Gasteiger partial charge in [0.05, 0.1) is 49.4 Å². The van der Waals surface area contributed by atoms with Crippen molar-refractivity contribution in [3.8, 4) is 0 Å². The summed E-state index contributed by atoms with van der Waals surface area (Å²) in [5.74, 6) is -7.57. The van der Waals surface area contributed by atoms with Gasteiger partial charge in [-0.25, -0.2) is 13.8 Å². The molecule has 2 N–H and O–H groups in total. The fraction of sp³-hybridized carbons (Fsp3) is 0.732. The number of aliphatic hydroxyl groups is 2. The molecule has 13 nitrogen and oxygen atoms in total. The summed E-state index contributed by atoms with van der Waals surface area (Å²) in [6, 6.07) is 3.12. The van der Waals surface area contributed by atoms with Crippen LogP contribution < -0.4 is 0 Å². The lowest BCUT2D eigenvalue weighted by Crippen LogP contribution is -2.60. The highest BCUT2D eigenvalue weighted by Crippen LogP contribution is 2.40. The largest absolute Gasteiger partial charge is 0.459 e. The normalized spacial score (nSPS) is 39.5. The third kappa shape index (κ3) is 10.3. The van der Waals surface area contributed by atoms with Crippen LogP contribution in [0.2, 0.25) is 0 Å². The Morgan fingerprint density at radius 3 is 2.34 bits per heavy atom. The first kappa shape index (κ1) is 45.6. The molecular formula is C41H61F2N3O10. The highest BCUT2D eigenvalue weighted by Gasteiger charge is 2.53. The van der Waals surface area contributed by atoms with Crippen molar-refractivity contribution in [1.29, 1.82) is 0 Å². The van der Waals surface area contributed by atoms with E-state index in [4.69, 9.17) is 28.7 Å². The molecule has 0 radical (unpaired) electrons. The number of hydrogen-bond acceptors (Lipinski definition) is 12. The maximum atomic E-state index is 14.4. The molecule has 15 heteroatoms. The standard InChI is InChI=1S/C41H61F2N3O10/c1-12-32-41(9,51)37-23(4)33(45-26(7)47)21(2)17-40(8,53-20-28(19-52-37)44-18-27-13-14-29(42)30(43)16-27)36(24(5)34(48)25(6)38(50)55-32)56-39-35(49)31(46(10)11)15-22(3)54-39/h13-14,16,21-25,31-32,35-37,39,49,51H,12,15,17-20H2,1-11H3/t21-,22-,23+,24+,25-,31+,32-,35-,36-,37+,39+,40-,41-/m1/s1. The summed E-state index contributed by atoms with van der Waals surface area (Å²) in [7, 11) is 3.68. The second-order valence-electron chi connectivity index (χ2n) is 16.5. The number of carbonyl (C=O) groups is 3. The topological polar surface area (TPSA) is 166 Å². The van der Waals surface area contributed by atoms with E-state index in [1.165, 1.54) is 26.8 Å². The number of aliphatic hydroxyl groups excluding tert-OH is 1. The van der Waals surface area contributed by atoms with Crippen molar-refractivity contribution < 1.29 is 57.1 Å². The molecule has 13 atom stereocenters. The second kappa shape index (κ2) is 18.7. The summed E-state index contributed by atoms with van der Waals surface area (Å²) in [5.41, 5.74) is -2.26. The van der Waals surface area contributed by atoms with Crippen molar-refractivity contribution in [2.75, 3.05) is 27.3 Å². The minimum atomic E-state index is -1.89. The van der Waals surface area contributed by atoms with Gasteiger partial charge in [-0.3, -0.25) is 19.4 Å². The molecule has 3 heterocycles. The molecule has 314 valence electrons. The van der Waals surface area contributed by atoms with Crippen LogP contribution in [-0.4, -0.2) is 126 Å². The van der Waals surface area contributed by atoms with E-state index in [1.807, 2.05) is 32.8 Å². The van der Waals surface area contributed by atoms with Crippen LogP contribution in [0.25, 0.3) is 0 Å². The van der Waals surface area contributed by atoms with Gasteiger partial charge in [-0.1, -0.05) is 33.8 Å².